The predicted molar refractivity (Wildman–Crippen MR) is 157 cm³/mol. The molecule has 43 heavy (non-hydrogen) atoms. The van der Waals surface area contributed by atoms with Gasteiger partial charge in [0.1, 0.15) is 0 Å². The first-order valence-corrected chi connectivity index (χ1v) is 15.8. The van der Waals surface area contributed by atoms with Crippen LogP contribution in [0, 0.1) is 0 Å². The van der Waals surface area contributed by atoms with E-state index >= 15 is 0 Å². The fraction of sp³-hybridized carbons (Fsp3) is 0.344. The Hall–Kier alpha value is -3.82. The second-order valence-corrected chi connectivity index (χ2v) is 11.9. The number of esters is 3. The third-order valence-electron chi connectivity index (χ3n) is 6.72. The standard InChI is InChI=1S/C32H35O10P/c1-3-38-43(36,39-4-2)22-14-21-32(42-30(35)26-19-12-7-13-20-26)23-37-31(41-29(34)25-17-10-6-11-18-25)27(32)40-28(33)24-15-8-5-9-16-24/h5-13,15-20,27,31H,3-4,14,21-23H2,1-2H3/t27-,31?,32+/m0/s1. The van der Waals surface area contributed by atoms with E-state index in [-0.39, 0.29) is 55.5 Å². The number of carbonyl (C=O) groups excluding carboxylic acids is 3. The molecule has 0 aromatic heterocycles. The first-order valence-electron chi connectivity index (χ1n) is 14.1. The van der Waals surface area contributed by atoms with Crippen LogP contribution in [-0.4, -0.2) is 61.9 Å². The number of rotatable bonds is 14. The van der Waals surface area contributed by atoms with Gasteiger partial charge in [0.05, 0.1) is 42.7 Å². The summed E-state index contributed by atoms with van der Waals surface area (Å²) >= 11 is 0. The van der Waals surface area contributed by atoms with Crippen LogP contribution in [0.1, 0.15) is 57.8 Å². The minimum atomic E-state index is -3.45. The van der Waals surface area contributed by atoms with Crippen LogP contribution in [-0.2, 0) is 32.6 Å². The van der Waals surface area contributed by atoms with Gasteiger partial charge < -0.3 is 28.0 Å². The Balaban J connectivity index is 1.67. The topological polar surface area (TPSA) is 124 Å². The van der Waals surface area contributed by atoms with Crippen LogP contribution in [0.15, 0.2) is 91.0 Å². The summed E-state index contributed by atoms with van der Waals surface area (Å²) in [5.74, 6) is -2.14. The number of ether oxygens (including phenoxy) is 4. The number of carbonyl (C=O) groups is 3. The lowest BCUT2D eigenvalue weighted by molar-refractivity contribution is -0.135. The van der Waals surface area contributed by atoms with E-state index in [4.69, 9.17) is 28.0 Å². The zero-order chi connectivity index (χ0) is 30.7. The average molecular weight is 611 g/mol. The van der Waals surface area contributed by atoms with Gasteiger partial charge in [0.2, 0.25) is 12.4 Å². The normalized spacial score (nSPS) is 19.9. The van der Waals surface area contributed by atoms with Crippen LogP contribution in [0.4, 0.5) is 0 Å². The minimum absolute atomic E-state index is 0.00708. The Morgan fingerprint density at radius 2 is 1.21 bits per heavy atom. The van der Waals surface area contributed by atoms with Crippen LogP contribution < -0.4 is 0 Å². The molecule has 228 valence electrons. The molecule has 1 fully saturated rings. The number of hydrogen-bond acceptors (Lipinski definition) is 10. The van der Waals surface area contributed by atoms with Crippen molar-refractivity contribution >= 4 is 25.5 Å². The van der Waals surface area contributed by atoms with Gasteiger partial charge in [0, 0.05) is 0 Å². The Morgan fingerprint density at radius 1 is 0.744 bits per heavy atom. The van der Waals surface area contributed by atoms with Gasteiger partial charge in [-0.2, -0.15) is 0 Å². The average Bonchev–Trinajstić information content (AvgIpc) is 3.34. The van der Waals surface area contributed by atoms with E-state index in [0.29, 0.717) is 0 Å². The smallest absolute Gasteiger partial charge is 0.340 e. The molecule has 1 aliphatic heterocycles. The second kappa shape index (κ2) is 15.1. The maximum atomic E-state index is 13.4. The third-order valence-corrected chi connectivity index (χ3v) is 8.89. The van der Waals surface area contributed by atoms with Crippen molar-refractivity contribution < 1.29 is 46.9 Å². The van der Waals surface area contributed by atoms with Crippen molar-refractivity contribution in [1.82, 2.24) is 0 Å². The summed E-state index contributed by atoms with van der Waals surface area (Å²) in [4.78, 5) is 39.7. The van der Waals surface area contributed by atoms with Gasteiger partial charge in [0.25, 0.3) is 0 Å². The summed E-state index contributed by atoms with van der Waals surface area (Å²) in [5.41, 5.74) is -0.855. The van der Waals surface area contributed by atoms with Crippen molar-refractivity contribution in [3.8, 4) is 0 Å². The molecule has 0 radical (unpaired) electrons. The highest BCUT2D eigenvalue weighted by molar-refractivity contribution is 7.53. The molecule has 0 spiro atoms. The van der Waals surface area contributed by atoms with Gasteiger partial charge in [0.15, 0.2) is 5.60 Å². The molecule has 0 saturated carbocycles. The van der Waals surface area contributed by atoms with Crippen molar-refractivity contribution in [1.29, 1.82) is 0 Å². The molecule has 0 N–H and O–H groups in total. The van der Waals surface area contributed by atoms with Crippen molar-refractivity contribution in [2.45, 2.75) is 44.7 Å². The van der Waals surface area contributed by atoms with Gasteiger partial charge in [-0.25, -0.2) is 14.4 Å². The summed E-state index contributed by atoms with van der Waals surface area (Å²) in [6, 6.07) is 24.8. The van der Waals surface area contributed by atoms with Crippen molar-refractivity contribution in [2.24, 2.45) is 0 Å². The van der Waals surface area contributed by atoms with E-state index in [1.54, 1.807) is 105 Å². The van der Waals surface area contributed by atoms with Crippen molar-refractivity contribution in [2.75, 3.05) is 26.0 Å². The highest BCUT2D eigenvalue weighted by Crippen LogP contribution is 2.50. The van der Waals surface area contributed by atoms with Crippen LogP contribution in [0.25, 0.3) is 0 Å². The second-order valence-electron chi connectivity index (χ2n) is 9.74. The Bertz CT molecular complexity index is 1390. The van der Waals surface area contributed by atoms with Gasteiger partial charge >= 0.3 is 25.5 Å². The molecule has 4 rings (SSSR count). The molecule has 10 nitrogen and oxygen atoms in total. The Labute approximate surface area is 250 Å². The Morgan fingerprint density at radius 3 is 1.70 bits per heavy atom. The first-order chi connectivity index (χ1) is 20.8. The maximum absolute atomic E-state index is 13.4. The van der Waals surface area contributed by atoms with E-state index in [0.717, 1.165) is 0 Å². The highest BCUT2D eigenvalue weighted by atomic mass is 31.2. The van der Waals surface area contributed by atoms with Crippen molar-refractivity contribution in [3.63, 3.8) is 0 Å². The molecular formula is C32H35O10P. The van der Waals surface area contributed by atoms with Crippen LogP contribution in [0.5, 0.6) is 0 Å². The molecule has 1 heterocycles. The maximum Gasteiger partial charge on any atom is 0.340 e. The lowest BCUT2D eigenvalue weighted by atomic mass is 9.93. The third kappa shape index (κ3) is 8.39. The van der Waals surface area contributed by atoms with E-state index < -0.39 is 43.5 Å². The van der Waals surface area contributed by atoms with Crippen molar-refractivity contribution in [3.05, 3.63) is 108 Å². The number of hydrogen-bond donors (Lipinski definition) is 0. The fourth-order valence-electron chi connectivity index (χ4n) is 4.71. The van der Waals surface area contributed by atoms with E-state index in [9.17, 15) is 18.9 Å². The van der Waals surface area contributed by atoms with Gasteiger partial charge in [-0.05, 0) is 63.1 Å². The van der Waals surface area contributed by atoms with Gasteiger partial charge in [-0.15, -0.1) is 0 Å². The van der Waals surface area contributed by atoms with Crippen LogP contribution in [0.3, 0.4) is 0 Å². The molecule has 3 aromatic rings. The SMILES string of the molecule is CCOP(=O)(CCC[C@@]1(OC(=O)c2ccccc2)COC(OC(=O)c2ccccc2)[C@@H]1OC(=O)c1ccccc1)OCC. The predicted octanol–water partition coefficient (Wildman–Crippen LogP) is 6.07. The Kier molecular flexibility index (Phi) is 11.3. The molecule has 0 amide bonds. The van der Waals surface area contributed by atoms with E-state index in [1.807, 2.05) is 0 Å². The minimum Gasteiger partial charge on any atom is -0.449 e. The van der Waals surface area contributed by atoms with E-state index in [1.165, 1.54) is 0 Å². The first kappa shape index (κ1) is 32.1. The molecular weight excluding hydrogens is 575 g/mol. The molecule has 0 aliphatic carbocycles. The summed E-state index contributed by atoms with van der Waals surface area (Å²) in [5, 5.41) is 0. The summed E-state index contributed by atoms with van der Waals surface area (Å²) in [7, 11) is -3.45. The summed E-state index contributed by atoms with van der Waals surface area (Å²) in [6.45, 7) is 3.53. The fourth-order valence-corrected chi connectivity index (χ4v) is 6.37. The molecule has 11 heteroatoms. The van der Waals surface area contributed by atoms with Gasteiger partial charge in [-0.1, -0.05) is 54.6 Å². The van der Waals surface area contributed by atoms with Crippen LogP contribution in [0.2, 0.25) is 0 Å². The molecule has 1 saturated heterocycles. The highest BCUT2D eigenvalue weighted by Gasteiger charge is 2.57. The lowest BCUT2D eigenvalue weighted by Crippen LogP contribution is -2.51. The van der Waals surface area contributed by atoms with Gasteiger partial charge in [-0.3, -0.25) is 4.57 Å². The number of benzene rings is 3. The largest absolute Gasteiger partial charge is 0.449 e. The summed E-state index contributed by atoms with van der Waals surface area (Å²) in [6.07, 6.45) is -2.55. The quantitative estimate of drug-likeness (QED) is 0.121. The molecule has 3 atom stereocenters. The lowest BCUT2D eigenvalue weighted by Gasteiger charge is -2.34. The monoisotopic (exact) mass is 610 g/mol. The molecule has 0 bridgehead atoms. The molecule has 1 unspecified atom stereocenters. The molecule has 1 aliphatic rings. The van der Waals surface area contributed by atoms with Crippen LogP contribution >= 0.6 is 7.60 Å². The molecule has 3 aromatic carbocycles. The zero-order valence-corrected chi connectivity index (χ0v) is 25.0. The van der Waals surface area contributed by atoms with E-state index in [2.05, 4.69) is 0 Å². The zero-order valence-electron chi connectivity index (χ0n) is 24.1. The summed E-state index contributed by atoms with van der Waals surface area (Å²) < 4.78 is 47.7.